The normalized spacial score (nSPS) is 17.7. The number of amides is 1. The fourth-order valence-electron chi connectivity index (χ4n) is 3.64. The number of nitrogens with zero attached hydrogens (tertiary/aromatic N) is 5. The summed E-state index contributed by atoms with van der Waals surface area (Å²) in [5.74, 6) is 0.788. The van der Waals surface area contributed by atoms with E-state index in [9.17, 15) is 4.79 Å². The molecular weight excluding hydrogens is 350 g/mol. The third kappa shape index (κ3) is 2.94. The molecule has 1 amide bonds. The third-order valence-electron chi connectivity index (χ3n) is 4.96. The molecule has 1 unspecified atom stereocenters. The first-order chi connectivity index (χ1) is 12.5. The van der Waals surface area contributed by atoms with Crippen LogP contribution < -0.4 is 0 Å². The van der Waals surface area contributed by atoms with E-state index in [1.165, 1.54) is 6.33 Å². The Hall–Kier alpha value is -2.47. The van der Waals surface area contributed by atoms with Crippen molar-refractivity contribution in [3.63, 3.8) is 0 Å². The number of rotatable bonds is 2. The minimum Gasteiger partial charge on any atom is -0.338 e. The quantitative estimate of drug-likeness (QED) is 0.694. The van der Waals surface area contributed by atoms with Gasteiger partial charge in [-0.2, -0.15) is 10.1 Å². The van der Waals surface area contributed by atoms with Gasteiger partial charge in [-0.3, -0.25) is 4.79 Å². The SMILES string of the molecule is Cc1cc(C2CCCN(C(=O)c3cccc(C)c3Cl)C2)n2ncnc2n1. The van der Waals surface area contributed by atoms with Gasteiger partial charge in [0.2, 0.25) is 0 Å². The van der Waals surface area contributed by atoms with Crippen molar-refractivity contribution >= 4 is 23.3 Å². The summed E-state index contributed by atoms with van der Waals surface area (Å²) in [5, 5.41) is 4.85. The van der Waals surface area contributed by atoms with Crippen LogP contribution in [0.2, 0.25) is 5.02 Å². The van der Waals surface area contributed by atoms with E-state index in [0.29, 0.717) is 22.9 Å². The van der Waals surface area contributed by atoms with Gasteiger partial charge in [0.05, 0.1) is 16.3 Å². The molecule has 1 fully saturated rings. The number of halogens is 1. The van der Waals surface area contributed by atoms with Gasteiger partial charge in [-0.05, 0) is 44.4 Å². The topological polar surface area (TPSA) is 63.4 Å². The number of carbonyl (C=O) groups excluding carboxylic acids is 1. The number of aryl methyl sites for hydroxylation is 2. The molecule has 0 N–H and O–H groups in total. The third-order valence-corrected chi connectivity index (χ3v) is 5.46. The van der Waals surface area contributed by atoms with E-state index in [2.05, 4.69) is 15.1 Å². The molecule has 0 radical (unpaired) electrons. The lowest BCUT2D eigenvalue weighted by molar-refractivity contribution is 0.0705. The first-order valence-electron chi connectivity index (χ1n) is 8.76. The van der Waals surface area contributed by atoms with Gasteiger partial charge in [-0.1, -0.05) is 23.7 Å². The van der Waals surface area contributed by atoms with Gasteiger partial charge >= 0.3 is 0 Å². The molecule has 0 bridgehead atoms. The molecule has 2 aromatic heterocycles. The van der Waals surface area contributed by atoms with Gasteiger partial charge in [0, 0.05) is 24.7 Å². The van der Waals surface area contributed by atoms with E-state index in [0.717, 1.165) is 36.3 Å². The lowest BCUT2D eigenvalue weighted by Gasteiger charge is -2.33. The lowest BCUT2D eigenvalue weighted by Crippen LogP contribution is -2.39. The highest BCUT2D eigenvalue weighted by atomic mass is 35.5. The number of benzene rings is 1. The summed E-state index contributed by atoms with van der Waals surface area (Å²) >= 11 is 6.37. The second kappa shape index (κ2) is 6.68. The zero-order valence-corrected chi connectivity index (χ0v) is 15.6. The van der Waals surface area contributed by atoms with Crippen molar-refractivity contribution in [3.05, 3.63) is 58.1 Å². The molecule has 4 rings (SSSR count). The smallest absolute Gasteiger partial charge is 0.255 e. The van der Waals surface area contributed by atoms with E-state index in [-0.39, 0.29) is 11.8 Å². The molecule has 3 aromatic rings. The Bertz CT molecular complexity index is 983. The molecule has 1 saturated heterocycles. The minimum atomic E-state index is -0.0102. The highest BCUT2D eigenvalue weighted by Gasteiger charge is 2.28. The summed E-state index contributed by atoms with van der Waals surface area (Å²) in [6.45, 7) is 5.25. The summed E-state index contributed by atoms with van der Waals surface area (Å²) < 4.78 is 1.78. The number of aromatic nitrogens is 4. The number of carbonyl (C=O) groups is 1. The van der Waals surface area contributed by atoms with Crippen LogP contribution in [0.15, 0.2) is 30.6 Å². The molecule has 0 aliphatic carbocycles. The van der Waals surface area contributed by atoms with E-state index < -0.39 is 0 Å². The van der Waals surface area contributed by atoms with Crippen LogP contribution in [0, 0.1) is 13.8 Å². The summed E-state index contributed by atoms with van der Waals surface area (Å²) in [7, 11) is 0. The molecule has 1 aromatic carbocycles. The number of piperidine rings is 1. The van der Waals surface area contributed by atoms with E-state index in [1.807, 2.05) is 36.9 Å². The maximum Gasteiger partial charge on any atom is 0.255 e. The van der Waals surface area contributed by atoms with Crippen LogP contribution in [0.3, 0.4) is 0 Å². The van der Waals surface area contributed by atoms with Crippen LogP contribution in [-0.2, 0) is 0 Å². The second-order valence-electron chi connectivity index (χ2n) is 6.82. The molecule has 1 aliphatic rings. The van der Waals surface area contributed by atoms with Crippen molar-refractivity contribution in [2.75, 3.05) is 13.1 Å². The number of hydrogen-bond donors (Lipinski definition) is 0. The zero-order valence-electron chi connectivity index (χ0n) is 14.8. The highest BCUT2D eigenvalue weighted by molar-refractivity contribution is 6.34. The fraction of sp³-hybridized carbons (Fsp3) is 0.368. The molecule has 134 valence electrons. The van der Waals surface area contributed by atoms with Crippen molar-refractivity contribution in [1.29, 1.82) is 0 Å². The predicted octanol–water partition coefficient (Wildman–Crippen LogP) is 3.41. The molecule has 0 spiro atoms. The molecule has 3 heterocycles. The maximum absolute atomic E-state index is 13.0. The maximum atomic E-state index is 13.0. The van der Waals surface area contributed by atoms with Crippen molar-refractivity contribution < 1.29 is 4.79 Å². The standard InChI is InChI=1S/C19H20ClN5O/c1-12-5-3-7-15(17(12)20)18(26)24-8-4-6-14(10-24)16-9-13(2)23-19-21-11-22-25(16)19/h3,5,7,9,11,14H,4,6,8,10H2,1-2H3. The summed E-state index contributed by atoms with van der Waals surface area (Å²) in [5.41, 5.74) is 3.45. The van der Waals surface area contributed by atoms with Crippen LogP contribution in [-0.4, -0.2) is 43.5 Å². The Morgan fingerprint density at radius 1 is 1.31 bits per heavy atom. The average molecular weight is 370 g/mol. The first-order valence-corrected chi connectivity index (χ1v) is 9.14. The zero-order chi connectivity index (χ0) is 18.3. The summed E-state index contributed by atoms with van der Waals surface area (Å²) in [6.07, 6.45) is 3.46. The van der Waals surface area contributed by atoms with Crippen molar-refractivity contribution in [3.8, 4) is 0 Å². The molecule has 7 heteroatoms. The molecule has 26 heavy (non-hydrogen) atoms. The largest absolute Gasteiger partial charge is 0.338 e. The van der Waals surface area contributed by atoms with E-state index in [4.69, 9.17) is 11.6 Å². The Morgan fingerprint density at radius 2 is 2.15 bits per heavy atom. The fourth-order valence-corrected chi connectivity index (χ4v) is 3.84. The Morgan fingerprint density at radius 3 is 3.00 bits per heavy atom. The average Bonchev–Trinajstić information content (AvgIpc) is 3.11. The predicted molar refractivity (Wildman–Crippen MR) is 99.6 cm³/mol. The van der Waals surface area contributed by atoms with Crippen LogP contribution in [0.25, 0.3) is 5.78 Å². The number of hydrogen-bond acceptors (Lipinski definition) is 4. The Balaban J connectivity index is 1.64. The summed E-state index contributed by atoms with van der Waals surface area (Å²) in [4.78, 5) is 23.5. The van der Waals surface area contributed by atoms with E-state index >= 15 is 0 Å². The van der Waals surface area contributed by atoms with E-state index in [1.54, 1.807) is 10.6 Å². The van der Waals surface area contributed by atoms with Gasteiger partial charge in [-0.25, -0.2) is 9.50 Å². The molecule has 6 nitrogen and oxygen atoms in total. The minimum absolute atomic E-state index is 0.0102. The van der Waals surface area contributed by atoms with Gasteiger partial charge in [0.15, 0.2) is 0 Å². The van der Waals surface area contributed by atoms with Crippen LogP contribution >= 0.6 is 11.6 Å². The van der Waals surface area contributed by atoms with Crippen LogP contribution in [0.5, 0.6) is 0 Å². The van der Waals surface area contributed by atoms with Gasteiger partial charge in [0.25, 0.3) is 11.7 Å². The van der Waals surface area contributed by atoms with Crippen molar-refractivity contribution in [1.82, 2.24) is 24.5 Å². The van der Waals surface area contributed by atoms with Crippen LogP contribution in [0.1, 0.15) is 46.1 Å². The molecule has 0 saturated carbocycles. The molecular formula is C19H20ClN5O. The molecule has 1 aliphatic heterocycles. The lowest BCUT2D eigenvalue weighted by atomic mass is 9.93. The molecule has 1 atom stereocenters. The van der Waals surface area contributed by atoms with Crippen LogP contribution in [0.4, 0.5) is 0 Å². The number of fused-ring (bicyclic) bond motifs is 1. The van der Waals surface area contributed by atoms with Gasteiger partial charge in [-0.15, -0.1) is 0 Å². The highest BCUT2D eigenvalue weighted by Crippen LogP contribution is 2.29. The van der Waals surface area contributed by atoms with Gasteiger partial charge < -0.3 is 4.90 Å². The first kappa shape index (κ1) is 17.0. The van der Waals surface area contributed by atoms with Crippen molar-refractivity contribution in [2.24, 2.45) is 0 Å². The van der Waals surface area contributed by atoms with Gasteiger partial charge in [0.1, 0.15) is 6.33 Å². The number of likely N-dealkylation sites (tertiary alicyclic amines) is 1. The Kier molecular flexibility index (Phi) is 4.36. The van der Waals surface area contributed by atoms with Crippen molar-refractivity contribution in [2.45, 2.75) is 32.6 Å². The Labute approximate surface area is 156 Å². The summed E-state index contributed by atoms with van der Waals surface area (Å²) in [6, 6.07) is 7.63. The monoisotopic (exact) mass is 369 g/mol. The second-order valence-corrected chi connectivity index (χ2v) is 7.20.